The number of unbranched alkanes of at least 4 members (excludes halogenated alkanes) is 2. The van der Waals surface area contributed by atoms with Gasteiger partial charge in [-0.2, -0.15) is 0 Å². The van der Waals surface area contributed by atoms with Crippen LogP contribution in [0.3, 0.4) is 0 Å². The predicted molar refractivity (Wildman–Crippen MR) is 119 cm³/mol. The molecule has 0 aromatic rings. The van der Waals surface area contributed by atoms with Crippen LogP contribution in [-0.4, -0.2) is 98.1 Å². The minimum absolute atomic E-state index is 0.186. The van der Waals surface area contributed by atoms with Gasteiger partial charge in [-0.25, -0.2) is 0 Å². The van der Waals surface area contributed by atoms with E-state index in [9.17, 15) is 4.79 Å². The van der Waals surface area contributed by atoms with Crippen LogP contribution in [0.4, 0.5) is 0 Å². The average Bonchev–Trinajstić information content (AvgIpc) is 3.55. The third kappa shape index (κ3) is 8.51. The van der Waals surface area contributed by atoms with Crippen LogP contribution >= 0.6 is 0 Å². The van der Waals surface area contributed by atoms with Crippen molar-refractivity contribution in [3.63, 3.8) is 0 Å². The summed E-state index contributed by atoms with van der Waals surface area (Å²) < 4.78 is 0. The fraction of sp³-hybridized carbons (Fsp3) is 0.909. The Bertz CT molecular complexity index is 507. The molecular weight excluding hydrogens is 364 g/mol. The van der Waals surface area contributed by atoms with E-state index in [1.54, 1.807) is 0 Å². The van der Waals surface area contributed by atoms with Gasteiger partial charge in [-0.05, 0) is 65.1 Å². The fourth-order valence-corrected chi connectivity index (χ4v) is 4.24. The lowest BCUT2D eigenvalue weighted by molar-refractivity contribution is -0.122. The number of nitrogens with one attached hydrogen (secondary N) is 2. The summed E-state index contributed by atoms with van der Waals surface area (Å²) in [6.45, 7) is 12.1. The van der Waals surface area contributed by atoms with Crippen LogP contribution in [0.2, 0.25) is 0 Å². The number of aliphatic imine (C=N–C) groups is 1. The summed E-state index contributed by atoms with van der Waals surface area (Å²) in [6, 6.07) is 0.455. The summed E-state index contributed by atoms with van der Waals surface area (Å²) in [6.07, 6.45) is 10.2. The van der Waals surface area contributed by atoms with Crippen molar-refractivity contribution in [2.45, 2.75) is 64.3 Å². The van der Waals surface area contributed by atoms with Gasteiger partial charge in [-0.15, -0.1) is 0 Å². The Labute approximate surface area is 177 Å². The van der Waals surface area contributed by atoms with Crippen LogP contribution in [0, 0.1) is 0 Å². The van der Waals surface area contributed by atoms with Gasteiger partial charge in [0.25, 0.3) is 0 Å². The Morgan fingerprint density at radius 3 is 2.38 bits per heavy atom. The second-order valence-corrected chi connectivity index (χ2v) is 8.80. The molecule has 2 aliphatic heterocycles. The summed E-state index contributed by atoms with van der Waals surface area (Å²) in [5.41, 5.74) is 0. The first-order valence-electron chi connectivity index (χ1n) is 12.0. The van der Waals surface area contributed by atoms with Crippen molar-refractivity contribution in [1.82, 2.24) is 25.3 Å². The van der Waals surface area contributed by atoms with E-state index in [-0.39, 0.29) is 5.91 Å². The first-order valence-corrected chi connectivity index (χ1v) is 12.0. The second-order valence-electron chi connectivity index (χ2n) is 8.80. The maximum absolute atomic E-state index is 12.0. The minimum Gasteiger partial charge on any atom is -0.357 e. The molecule has 7 heteroatoms. The lowest BCUT2D eigenvalue weighted by Gasteiger charge is -2.36. The monoisotopic (exact) mass is 406 g/mol. The van der Waals surface area contributed by atoms with Crippen LogP contribution in [0.1, 0.15) is 58.3 Å². The van der Waals surface area contributed by atoms with Crippen LogP contribution < -0.4 is 10.6 Å². The molecule has 3 rings (SSSR count). The highest BCUT2D eigenvalue weighted by molar-refractivity contribution is 5.80. The number of guanidine groups is 1. The van der Waals surface area contributed by atoms with E-state index < -0.39 is 0 Å². The van der Waals surface area contributed by atoms with E-state index in [2.05, 4.69) is 32.3 Å². The molecule has 3 fully saturated rings. The van der Waals surface area contributed by atoms with E-state index >= 15 is 0 Å². The SMILES string of the molecule is CCNC(=NCCCCCN1CCCCC1)N1CCN(CC(=O)NC2CC2)CC1. The summed E-state index contributed by atoms with van der Waals surface area (Å²) in [5, 5.41) is 6.54. The van der Waals surface area contributed by atoms with Crippen LogP contribution in [0.25, 0.3) is 0 Å². The zero-order valence-electron chi connectivity index (χ0n) is 18.5. The average molecular weight is 407 g/mol. The molecule has 2 saturated heterocycles. The normalized spacial score (nSPS) is 22.0. The number of hydrogen-bond acceptors (Lipinski definition) is 4. The fourth-order valence-electron chi connectivity index (χ4n) is 4.24. The van der Waals surface area contributed by atoms with E-state index in [0.717, 1.165) is 58.1 Å². The highest BCUT2D eigenvalue weighted by Crippen LogP contribution is 2.18. The van der Waals surface area contributed by atoms with E-state index in [4.69, 9.17) is 4.99 Å². The van der Waals surface area contributed by atoms with E-state index in [1.807, 2.05) is 0 Å². The standard InChI is InChI=1S/C22H42N6O/c1-2-23-22(24-11-5-3-6-12-26-13-7-4-8-14-26)28-17-15-27(16-18-28)19-21(29)25-20-9-10-20/h20H,2-19H2,1H3,(H,23,24)(H,25,29). The highest BCUT2D eigenvalue weighted by atomic mass is 16.2. The number of likely N-dealkylation sites (tertiary alicyclic amines) is 1. The first kappa shape index (κ1) is 22.3. The third-order valence-electron chi connectivity index (χ3n) is 6.16. The van der Waals surface area contributed by atoms with Gasteiger partial charge in [0.1, 0.15) is 0 Å². The number of carbonyl (C=O) groups excluding carboxylic acids is 1. The highest BCUT2D eigenvalue weighted by Gasteiger charge is 2.25. The maximum Gasteiger partial charge on any atom is 0.234 e. The van der Waals surface area contributed by atoms with Gasteiger partial charge < -0.3 is 20.4 Å². The Morgan fingerprint density at radius 2 is 1.69 bits per heavy atom. The summed E-state index contributed by atoms with van der Waals surface area (Å²) >= 11 is 0. The lowest BCUT2D eigenvalue weighted by Crippen LogP contribution is -2.54. The molecule has 1 saturated carbocycles. The number of amides is 1. The molecule has 2 heterocycles. The Kier molecular flexibility index (Phi) is 9.54. The topological polar surface area (TPSA) is 63.2 Å². The third-order valence-corrected chi connectivity index (χ3v) is 6.16. The van der Waals surface area contributed by atoms with Crippen molar-refractivity contribution >= 4 is 11.9 Å². The zero-order valence-corrected chi connectivity index (χ0v) is 18.5. The van der Waals surface area contributed by atoms with E-state index in [1.165, 1.54) is 58.2 Å². The molecule has 7 nitrogen and oxygen atoms in total. The molecule has 0 aromatic carbocycles. The van der Waals surface area contributed by atoms with Gasteiger partial charge >= 0.3 is 0 Å². The summed E-state index contributed by atoms with van der Waals surface area (Å²) in [4.78, 5) is 24.1. The molecule has 2 N–H and O–H groups in total. The molecule has 0 atom stereocenters. The van der Waals surface area contributed by atoms with Crippen LogP contribution in [0.5, 0.6) is 0 Å². The van der Waals surface area contributed by atoms with Gasteiger partial charge in [0.05, 0.1) is 6.54 Å². The van der Waals surface area contributed by atoms with Crippen molar-refractivity contribution in [1.29, 1.82) is 0 Å². The molecule has 1 amide bonds. The predicted octanol–water partition coefficient (Wildman–Crippen LogP) is 1.50. The van der Waals surface area contributed by atoms with Crippen molar-refractivity contribution in [2.75, 3.05) is 65.4 Å². The molecule has 3 aliphatic rings. The van der Waals surface area contributed by atoms with Gasteiger partial charge in [-0.3, -0.25) is 14.7 Å². The van der Waals surface area contributed by atoms with Crippen LogP contribution in [0.15, 0.2) is 4.99 Å². The maximum atomic E-state index is 12.0. The zero-order chi connectivity index (χ0) is 20.3. The van der Waals surface area contributed by atoms with Crippen molar-refractivity contribution in [2.24, 2.45) is 4.99 Å². The van der Waals surface area contributed by atoms with Gasteiger partial charge in [0.15, 0.2) is 5.96 Å². The van der Waals surface area contributed by atoms with E-state index in [0.29, 0.717) is 12.6 Å². The van der Waals surface area contributed by atoms with Gasteiger partial charge in [0, 0.05) is 45.3 Å². The molecule has 29 heavy (non-hydrogen) atoms. The number of hydrogen-bond donors (Lipinski definition) is 2. The van der Waals surface area contributed by atoms with Crippen molar-refractivity contribution < 1.29 is 4.79 Å². The number of piperazine rings is 1. The van der Waals surface area contributed by atoms with Crippen molar-refractivity contribution in [3.8, 4) is 0 Å². The summed E-state index contributed by atoms with van der Waals surface area (Å²) in [7, 11) is 0. The minimum atomic E-state index is 0.186. The number of carbonyl (C=O) groups is 1. The van der Waals surface area contributed by atoms with Crippen LogP contribution in [-0.2, 0) is 4.79 Å². The molecule has 0 spiro atoms. The Morgan fingerprint density at radius 1 is 0.931 bits per heavy atom. The molecule has 1 aliphatic carbocycles. The molecule has 166 valence electrons. The second kappa shape index (κ2) is 12.4. The lowest BCUT2D eigenvalue weighted by atomic mass is 10.1. The largest absolute Gasteiger partial charge is 0.357 e. The summed E-state index contributed by atoms with van der Waals surface area (Å²) in [5.74, 6) is 1.23. The number of piperidine rings is 1. The molecule has 0 radical (unpaired) electrons. The molecule has 0 aromatic heterocycles. The van der Waals surface area contributed by atoms with Crippen molar-refractivity contribution in [3.05, 3.63) is 0 Å². The molecule has 0 bridgehead atoms. The molecular formula is C22H42N6O. The smallest absolute Gasteiger partial charge is 0.234 e. The van der Waals surface area contributed by atoms with Gasteiger partial charge in [-0.1, -0.05) is 12.8 Å². The molecule has 0 unspecified atom stereocenters. The Balaban J connectivity index is 1.30. The number of nitrogens with zero attached hydrogens (tertiary/aromatic N) is 4. The Hall–Kier alpha value is -1.34. The van der Waals surface area contributed by atoms with Gasteiger partial charge in [0.2, 0.25) is 5.91 Å². The number of rotatable bonds is 10. The first-order chi connectivity index (χ1) is 14.2. The quantitative estimate of drug-likeness (QED) is 0.327.